The third-order valence-corrected chi connectivity index (χ3v) is 7.60. The zero-order valence-electron chi connectivity index (χ0n) is 18.9. The number of amides is 1. The molecule has 1 fully saturated rings. The zero-order chi connectivity index (χ0) is 23.8. The molecule has 0 aliphatic carbocycles. The van der Waals surface area contributed by atoms with Crippen molar-refractivity contribution in [3.8, 4) is 0 Å². The highest BCUT2D eigenvalue weighted by Gasteiger charge is 2.23. The Morgan fingerprint density at radius 2 is 1.82 bits per heavy atom. The molecule has 0 bridgehead atoms. The van der Waals surface area contributed by atoms with E-state index < -0.39 is 0 Å². The van der Waals surface area contributed by atoms with Crippen LogP contribution in [0.3, 0.4) is 0 Å². The number of aliphatic imine (C=N–C) groups is 1. The fourth-order valence-corrected chi connectivity index (χ4v) is 5.34. The van der Waals surface area contributed by atoms with E-state index in [2.05, 4.69) is 37.8 Å². The predicted molar refractivity (Wildman–Crippen MR) is 142 cm³/mol. The SMILES string of the molecule is CN1CCN(Cc2nc3ccc(/C=C4\SC(Nc5c(Cl)cccc5Cl)=NC4=O)cc3n2C)CC1. The van der Waals surface area contributed by atoms with Crippen LogP contribution in [-0.4, -0.2) is 63.7 Å². The summed E-state index contributed by atoms with van der Waals surface area (Å²) in [6, 6.07) is 11.3. The number of para-hydroxylation sites is 1. The van der Waals surface area contributed by atoms with Crippen molar-refractivity contribution in [2.45, 2.75) is 6.54 Å². The van der Waals surface area contributed by atoms with Gasteiger partial charge in [0.2, 0.25) is 0 Å². The number of aromatic nitrogens is 2. The predicted octanol–water partition coefficient (Wildman–Crippen LogP) is 4.71. The van der Waals surface area contributed by atoms with Crippen molar-refractivity contribution in [3.63, 3.8) is 0 Å². The van der Waals surface area contributed by atoms with E-state index in [1.54, 1.807) is 18.2 Å². The minimum Gasteiger partial charge on any atom is -0.332 e. The number of thioether (sulfide) groups is 1. The van der Waals surface area contributed by atoms with Gasteiger partial charge in [-0.1, -0.05) is 35.3 Å². The monoisotopic (exact) mass is 514 g/mol. The number of hydrogen-bond donors (Lipinski definition) is 1. The van der Waals surface area contributed by atoms with Crippen molar-refractivity contribution in [1.82, 2.24) is 19.4 Å². The van der Waals surface area contributed by atoms with Crippen LogP contribution in [-0.2, 0) is 18.4 Å². The molecule has 3 heterocycles. The van der Waals surface area contributed by atoms with E-state index in [4.69, 9.17) is 28.2 Å². The first kappa shape index (κ1) is 23.4. The van der Waals surface area contributed by atoms with Crippen molar-refractivity contribution in [2.24, 2.45) is 12.0 Å². The standard InChI is InChI=1S/C24H24Cl2N6OS/c1-30-8-10-32(11-9-30)14-21-27-18-7-6-15(12-19(18)31(21)2)13-20-23(33)29-24(34-20)28-22-16(25)4-3-5-17(22)26/h3-7,12-13H,8-11,14H2,1-2H3,(H,28,29,33)/b20-13-. The number of anilines is 1. The van der Waals surface area contributed by atoms with Crippen LogP contribution in [0.2, 0.25) is 10.0 Å². The zero-order valence-corrected chi connectivity index (χ0v) is 21.2. The molecular weight excluding hydrogens is 491 g/mol. The van der Waals surface area contributed by atoms with Gasteiger partial charge in [-0.3, -0.25) is 9.69 Å². The maximum absolute atomic E-state index is 12.5. The molecule has 1 saturated heterocycles. The van der Waals surface area contributed by atoms with Gasteiger partial charge in [0.25, 0.3) is 5.91 Å². The first-order valence-electron chi connectivity index (χ1n) is 11.0. The van der Waals surface area contributed by atoms with Gasteiger partial charge in [-0.2, -0.15) is 4.99 Å². The molecule has 0 saturated carbocycles. The molecule has 7 nitrogen and oxygen atoms in total. The second kappa shape index (κ2) is 9.71. The van der Waals surface area contributed by atoms with E-state index in [9.17, 15) is 4.79 Å². The number of hydrogen-bond acceptors (Lipinski definition) is 6. The fraction of sp³-hybridized carbons (Fsp3) is 0.292. The highest BCUT2D eigenvalue weighted by atomic mass is 35.5. The van der Waals surface area contributed by atoms with Crippen molar-refractivity contribution >= 4 is 68.8 Å². The van der Waals surface area contributed by atoms with E-state index in [0.717, 1.165) is 55.1 Å². The Balaban J connectivity index is 1.33. The number of piperazine rings is 1. The fourth-order valence-electron chi connectivity index (χ4n) is 4.03. The molecule has 176 valence electrons. The number of nitrogens with zero attached hydrogens (tertiary/aromatic N) is 5. The molecule has 3 aromatic rings. The van der Waals surface area contributed by atoms with Crippen LogP contribution in [0, 0.1) is 0 Å². The Bertz CT molecular complexity index is 1310. The molecule has 1 aromatic heterocycles. The number of halogens is 2. The lowest BCUT2D eigenvalue weighted by Crippen LogP contribution is -2.44. The minimum atomic E-state index is -0.295. The van der Waals surface area contributed by atoms with Gasteiger partial charge in [-0.15, -0.1) is 0 Å². The van der Waals surface area contributed by atoms with Crippen LogP contribution in [0.25, 0.3) is 17.1 Å². The summed E-state index contributed by atoms with van der Waals surface area (Å²) in [7, 11) is 4.21. The number of nitrogens with one attached hydrogen (secondary N) is 1. The number of fused-ring (bicyclic) bond motifs is 1. The first-order chi connectivity index (χ1) is 16.4. The minimum absolute atomic E-state index is 0.295. The molecule has 1 amide bonds. The lowest BCUT2D eigenvalue weighted by Gasteiger charge is -2.31. The van der Waals surface area contributed by atoms with Crippen LogP contribution in [0.1, 0.15) is 11.4 Å². The second-order valence-electron chi connectivity index (χ2n) is 8.47. The summed E-state index contributed by atoms with van der Waals surface area (Å²) in [6.45, 7) is 5.08. The summed E-state index contributed by atoms with van der Waals surface area (Å²) in [5.74, 6) is 0.749. The van der Waals surface area contributed by atoms with Gasteiger partial charge in [-0.25, -0.2) is 4.98 Å². The Hall–Kier alpha value is -2.36. The largest absolute Gasteiger partial charge is 0.332 e. The lowest BCUT2D eigenvalue weighted by molar-refractivity contribution is -0.113. The Morgan fingerprint density at radius 1 is 1.09 bits per heavy atom. The molecule has 10 heteroatoms. The third-order valence-electron chi connectivity index (χ3n) is 6.07. The molecule has 0 atom stereocenters. The highest BCUT2D eigenvalue weighted by Crippen LogP contribution is 2.34. The Labute approximate surface area is 212 Å². The molecule has 2 aliphatic heterocycles. The van der Waals surface area contributed by atoms with E-state index in [0.29, 0.717) is 25.8 Å². The van der Waals surface area contributed by atoms with E-state index in [1.165, 1.54) is 11.8 Å². The molecule has 0 spiro atoms. The molecule has 2 aliphatic rings. The van der Waals surface area contributed by atoms with Gasteiger partial charge in [-0.05, 0) is 54.7 Å². The number of likely N-dealkylation sites (N-methyl/N-ethyl adjacent to an activating group) is 1. The summed E-state index contributed by atoms with van der Waals surface area (Å²) >= 11 is 13.7. The van der Waals surface area contributed by atoms with Gasteiger partial charge < -0.3 is 14.8 Å². The van der Waals surface area contributed by atoms with Crippen LogP contribution in [0.4, 0.5) is 5.69 Å². The normalized spacial score (nSPS) is 18.8. The highest BCUT2D eigenvalue weighted by molar-refractivity contribution is 8.18. The van der Waals surface area contributed by atoms with E-state index in [-0.39, 0.29) is 5.91 Å². The molecule has 34 heavy (non-hydrogen) atoms. The Morgan fingerprint density at radius 3 is 2.56 bits per heavy atom. The van der Waals surface area contributed by atoms with E-state index >= 15 is 0 Å². The molecule has 2 aromatic carbocycles. The van der Waals surface area contributed by atoms with Gasteiger partial charge in [0.1, 0.15) is 5.82 Å². The Kier molecular flexibility index (Phi) is 6.68. The van der Waals surface area contributed by atoms with Crippen molar-refractivity contribution in [2.75, 3.05) is 38.5 Å². The van der Waals surface area contributed by atoms with Crippen LogP contribution < -0.4 is 5.32 Å². The summed E-state index contributed by atoms with van der Waals surface area (Å²) in [5, 5.41) is 4.45. The first-order valence-corrected chi connectivity index (χ1v) is 12.5. The van der Waals surface area contributed by atoms with Gasteiger partial charge in [0.15, 0.2) is 5.17 Å². The van der Waals surface area contributed by atoms with Gasteiger partial charge in [0, 0.05) is 33.2 Å². The van der Waals surface area contributed by atoms with Gasteiger partial charge in [0.05, 0.1) is 38.2 Å². The molecule has 0 unspecified atom stereocenters. The number of imidazole rings is 1. The van der Waals surface area contributed by atoms with Crippen LogP contribution in [0.5, 0.6) is 0 Å². The average molecular weight is 515 g/mol. The smallest absolute Gasteiger partial charge is 0.286 e. The summed E-state index contributed by atoms with van der Waals surface area (Å²) in [4.78, 5) is 26.8. The number of carbonyl (C=O) groups excluding carboxylic acids is 1. The van der Waals surface area contributed by atoms with Crippen molar-refractivity contribution in [1.29, 1.82) is 0 Å². The molecular formula is C24H24Cl2N6OS. The lowest BCUT2D eigenvalue weighted by atomic mass is 10.2. The quantitative estimate of drug-likeness (QED) is 0.508. The third kappa shape index (κ3) is 4.87. The number of rotatable bonds is 4. The number of aryl methyl sites for hydroxylation is 1. The van der Waals surface area contributed by atoms with Gasteiger partial charge >= 0.3 is 0 Å². The average Bonchev–Trinajstić information content (AvgIpc) is 3.31. The van der Waals surface area contributed by atoms with Crippen LogP contribution in [0.15, 0.2) is 46.3 Å². The molecule has 1 N–H and O–H groups in total. The molecule has 0 radical (unpaired) electrons. The molecule has 5 rings (SSSR count). The summed E-state index contributed by atoms with van der Waals surface area (Å²) in [5.41, 5.74) is 3.45. The number of benzene rings is 2. The number of amidine groups is 1. The van der Waals surface area contributed by atoms with E-state index in [1.807, 2.05) is 25.3 Å². The maximum Gasteiger partial charge on any atom is 0.286 e. The topological polar surface area (TPSA) is 65.8 Å². The summed E-state index contributed by atoms with van der Waals surface area (Å²) in [6.07, 6.45) is 1.85. The van der Waals surface area contributed by atoms with Crippen molar-refractivity contribution in [3.05, 3.63) is 62.7 Å². The second-order valence-corrected chi connectivity index (χ2v) is 10.3. The maximum atomic E-state index is 12.5. The number of carbonyl (C=O) groups is 1. The van der Waals surface area contributed by atoms with Crippen LogP contribution >= 0.6 is 35.0 Å². The summed E-state index contributed by atoms with van der Waals surface area (Å²) < 4.78 is 2.14. The van der Waals surface area contributed by atoms with Crippen molar-refractivity contribution < 1.29 is 4.79 Å².